The number of aliphatic hydroxyl groups is 1. The molecule has 78 valence electrons. The van der Waals surface area contributed by atoms with E-state index in [9.17, 15) is 13.2 Å². The molecule has 0 radical (unpaired) electrons. The summed E-state index contributed by atoms with van der Waals surface area (Å²) in [6.07, 6.45) is -0.230. The summed E-state index contributed by atoms with van der Waals surface area (Å²) in [6.45, 7) is -0.433. The van der Waals surface area contributed by atoms with Crippen molar-refractivity contribution < 1.29 is 18.3 Å². The standard InChI is InChI=1S/C8H5BrClF3O/c9-4-7(12)5(10)3(1-2-14)6(11)8(4)13/h14H,1-2H2. The van der Waals surface area contributed by atoms with E-state index in [4.69, 9.17) is 16.7 Å². The van der Waals surface area contributed by atoms with E-state index in [1.54, 1.807) is 0 Å². The average Bonchev–Trinajstić information content (AvgIpc) is 2.19. The second-order valence-corrected chi connectivity index (χ2v) is 3.69. The molecule has 0 spiro atoms. The van der Waals surface area contributed by atoms with Gasteiger partial charge in [-0.15, -0.1) is 0 Å². The molecule has 0 heterocycles. The Balaban J connectivity index is 3.43. The van der Waals surface area contributed by atoms with Gasteiger partial charge in [-0.25, -0.2) is 13.2 Å². The first-order valence-corrected chi connectivity index (χ1v) is 4.79. The van der Waals surface area contributed by atoms with Gasteiger partial charge in [0, 0.05) is 18.6 Å². The molecular formula is C8H5BrClF3O. The average molecular weight is 289 g/mol. The highest BCUT2D eigenvalue weighted by atomic mass is 79.9. The molecule has 0 amide bonds. The summed E-state index contributed by atoms with van der Waals surface area (Å²) >= 11 is 7.96. The van der Waals surface area contributed by atoms with Gasteiger partial charge < -0.3 is 5.11 Å². The molecule has 0 saturated heterocycles. The number of aliphatic hydroxyl groups excluding tert-OH is 1. The van der Waals surface area contributed by atoms with E-state index in [2.05, 4.69) is 15.9 Å². The Labute approximate surface area is 91.6 Å². The molecule has 0 bridgehead atoms. The van der Waals surface area contributed by atoms with Crippen LogP contribution in [0.2, 0.25) is 5.02 Å². The van der Waals surface area contributed by atoms with Gasteiger partial charge >= 0.3 is 0 Å². The van der Waals surface area contributed by atoms with Crippen molar-refractivity contribution in [2.45, 2.75) is 6.42 Å². The van der Waals surface area contributed by atoms with Gasteiger partial charge in [0.25, 0.3) is 0 Å². The highest BCUT2D eigenvalue weighted by molar-refractivity contribution is 9.10. The van der Waals surface area contributed by atoms with Crippen molar-refractivity contribution >= 4 is 27.5 Å². The smallest absolute Gasteiger partial charge is 0.176 e. The molecule has 0 aliphatic rings. The summed E-state index contributed by atoms with van der Waals surface area (Å²) in [7, 11) is 0. The summed E-state index contributed by atoms with van der Waals surface area (Å²) < 4.78 is 38.5. The van der Waals surface area contributed by atoms with Crippen LogP contribution in [-0.2, 0) is 6.42 Å². The van der Waals surface area contributed by atoms with Crippen LogP contribution in [0.3, 0.4) is 0 Å². The van der Waals surface area contributed by atoms with Gasteiger partial charge in [0.15, 0.2) is 17.5 Å². The molecule has 14 heavy (non-hydrogen) atoms. The lowest BCUT2D eigenvalue weighted by atomic mass is 10.1. The van der Waals surface area contributed by atoms with Gasteiger partial charge in [-0.3, -0.25) is 0 Å². The van der Waals surface area contributed by atoms with Crippen molar-refractivity contribution in [1.29, 1.82) is 0 Å². The fourth-order valence-corrected chi connectivity index (χ4v) is 1.74. The molecule has 0 unspecified atom stereocenters. The van der Waals surface area contributed by atoms with Crippen molar-refractivity contribution in [2.75, 3.05) is 6.61 Å². The maximum Gasteiger partial charge on any atom is 0.176 e. The normalized spacial score (nSPS) is 10.7. The summed E-state index contributed by atoms with van der Waals surface area (Å²) in [5.74, 6) is -3.64. The second kappa shape index (κ2) is 4.51. The third-order valence-corrected chi connectivity index (χ3v) is 2.75. The first-order chi connectivity index (χ1) is 6.50. The summed E-state index contributed by atoms with van der Waals surface area (Å²) in [6, 6.07) is 0. The van der Waals surface area contributed by atoms with Crippen LogP contribution in [0.25, 0.3) is 0 Å². The Morgan fingerprint density at radius 3 is 2.21 bits per heavy atom. The van der Waals surface area contributed by atoms with E-state index in [1.165, 1.54) is 0 Å². The first-order valence-electron chi connectivity index (χ1n) is 3.61. The molecule has 0 aliphatic heterocycles. The number of hydrogen-bond acceptors (Lipinski definition) is 1. The van der Waals surface area contributed by atoms with Gasteiger partial charge in [-0.2, -0.15) is 0 Å². The Morgan fingerprint density at radius 1 is 1.14 bits per heavy atom. The fraction of sp³-hybridized carbons (Fsp3) is 0.250. The molecule has 1 aromatic rings. The topological polar surface area (TPSA) is 20.2 Å². The van der Waals surface area contributed by atoms with Crippen LogP contribution >= 0.6 is 27.5 Å². The lowest BCUT2D eigenvalue weighted by Crippen LogP contribution is -2.03. The number of rotatable bonds is 2. The molecule has 0 saturated carbocycles. The Bertz CT molecular complexity index is 341. The van der Waals surface area contributed by atoms with Crippen molar-refractivity contribution in [1.82, 2.24) is 0 Å². The van der Waals surface area contributed by atoms with E-state index in [0.717, 1.165) is 0 Å². The third kappa shape index (κ3) is 1.89. The maximum atomic E-state index is 13.1. The van der Waals surface area contributed by atoms with Crippen LogP contribution in [0.4, 0.5) is 13.2 Å². The van der Waals surface area contributed by atoms with Crippen LogP contribution in [-0.4, -0.2) is 11.7 Å². The van der Waals surface area contributed by atoms with Crippen LogP contribution in [0, 0.1) is 17.5 Å². The Kier molecular flexibility index (Phi) is 3.80. The minimum atomic E-state index is -1.34. The van der Waals surface area contributed by atoms with Crippen molar-refractivity contribution in [3.63, 3.8) is 0 Å². The summed E-state index contributed by atoms with van der Waals surface area (Å²) in [5.41, 5.74) is -0.354. The van der Waals surface area contributed by atoms with E-state index >= 15 is 0 Å². The predicted molar refractivity (Wildman–Crippen MR) is 49.8 cm³/mol. The molecular weight excluding hydrogens is 284 g/mol. The Hall–Kier alpha value is -0.260. The quantitative estimate of drug-likeness (QED) is 0.655. The Morgan fingerprint density at radius 2 is 1.71 bits per heavy atom. The molecule has 0 fully saturated rings. The van der Waals surface area contributed by atoms with Crippen molar-refractivity contribution in [3.05, 3.63) is 32.5 Å². The number of halogens is 5. The van der Waals surface area contributed by atoms with E-state index in [1.807, 2.05) is 0 Å². The van der Waals surface area contributed by atoms with Crippen LogP contribution in [0.5, 0.6) is 0 Å². The number of hydrogen-bond donors (Lipinski definition) is 1. The van der Waals surface area contributed by atoms with Crippen molar-refractivity contribution in [3.8, 4) is 0 Å². The van der Waals surface area contributed by atoms with E-state index in [-0.39, 0.29) is 12.0 Å². The minimum Gasteiger partial charge on any atom is -0.396 e. The maximum absolute atomic E-state index is 13.1. The largest absolute Gasteiger partial charge is 0.396 e. The van der Waals surface area contributed by atoms with Gasteiger partial charge in [0.1, 0.15) is 0 Å². The zero-order valence-corrected chi connectivity index (χ0v) is 9.09. The summed E-state index contributed by atoms with van der Waals surface area (Å²) in [5, 5.41) is 8.03. The van der Waals surface area contributed by atoms with E-state index < -0.39 is 33.6 Å². The zero-order chi connectivity index (χ0) is 10.9. The molecule has 0 aliphatic carbocycles. The highest BCUT2D eigenvalue weighted by Gasteiger charge is 2.21. The molecule has 1 nitrogen and oxygen atoms in total. The fourth-order valence-electron chi connectivity index (χ4n) is 0.982. The first kappa shape index (κ1) is 11.8. The lowest BCUT2D eigenvalue weighted by Gasteiger charge is -2.08. The second-order valence-electron chi connectivity index (χ2n) is 2.52. The zero-order valence-electron chi connectivity index (χ0n) is 6.75. The third-order valence-electron chi connectivity index (χ3n) is 1.66. The number of benzene rings is 1. The SMILES string of the molecule is OCCc1c(F)c(F)c(Br)c(F)c1Cl. The molecule has 1 rings (SSSR count). The predicted octanol–water partition coefficient (Wildman–Crippen LogP) is 3.05. The van der Waals surface area contributed by atoms with Crippen LogP contribution in [0.1, 0.15) is 5.56 Å². The molecule has 0 atom stereocenters. The van der Waals surface area contributed by atoms with E-state index in [0.29, 0.717) is 0 Å². The molecule has 1 aromatic carbocycles. The van der Waals surface area contributed by atoms with Gasteiger partial charge in [-0.1, -0.05) is 11.6 Å². The van der Waals surface area contributed by atoms with Crippen LogP contribution in [0.15, 0.2) is 4.47 Å². The lowest BCUT2D eigenvalue weighted by molar-refractivity contribution is 0.296. The van der Waals surface area contributed by atoms with Gasteiger partial charge in [-0.05, 0) is 15.9 Å². The highest BCUT2D eigenvalue weighted by Crippen LogP contribution is 2.32. The molecule has 0 aromatic heterocycles. The monoisotopic (exact) mass is 288 g/mol. The molecule has 6 heteroatoms. The summed E-state index contributed by atoms with van der Waals surface area (Å²) in [4.78, 5) is 0. The van der Waals surface area contributed by atoms with Crippen LogP contribution < -0.4 is 0 Å². The van der Waals surface area contributed by atoms with Crippen molar-refractivity contribution in [2.24, 2.45) is 0 Å². The van der Waals surface area contributed by atoms with Gasteiger partial charge in [0.05, 0.1) is 9.50 Å². The molecule has 1 N–H and O–H groups in total. The minimum absolute atomic E-state index is 0.230. The van der Waals surface area contributed by atoms with Gasteiger partial charge in [0.2, 0.25) is 0 Å².